The molecule has 2 aromatic carbocycles. The molecule has 0 spiro atoms. The summed E-state index contributed by atoms with van der Waals surface area (Å²) in [5.41, 5.74) is 11.1. The molecule has 3 rings (SSSR count). The monoisotopic (exact) mass is 195 g/mol. The largest absolute Gasteiger partial charge is 0.318 e. The zero-order valence-electron chi connectivity index (χ0n) is 8.70. The van der Waals surface area contributed by atoms with Crippen LogP contribution in [0.4, 0.5) is 0 Å². The van der Waals surface area contributed by atoms with Gasteiger partial charge in [-0.3, -0.25) is 0 Å². The summed E-state index contributed by atoms with van der Waals surface area (Å²) in [7, 11) is 0. The van der Waals surface area contributed by atoms with Crippen LogP contribution in [0, 0.1) is 0 Å². The quantitative estimate of drug-likeness (QED) is 0.687. The highest BCUT2D eigenvalue weighted by Crippen LogP contribution is 2.45. The second-order valence-corrected chi connectivity index (χ2v) is 4.29. The molecular formula is C14H13N. The molecule has 0 amide bonds. The van der Waals surface area contributed by atoms with E-state index in [-0.39, 0.29) is 5.54 Å². The molecule has 1 aliphatic carbocycles. The fourth-order valence-electron chi connectivity index (χ4n) is 2.49. The van der Waals surface area contributed by atoms with Gasteiger partial charge in [-0.2, -0.15) is 0 Å². The SMILES string of the molecule is CC1(N)c2ccccc2-c2ccccc21. The van der Waals surface area contributed by atoms with Crippen molar-refractivity contribution >= 4 is 0 Å². The number of benzene rings is 2. The molecule has 0 aromatic heterocycles. The van der Waals surface area contributed by atoms with Crippen LogP contribution in [0.2, 0.25) is 0 Å². The first kappa shape index (κ1) is 8.69. The van der Waals surface area contributed by atoms with E-state index >= 15 is 0 Å². The maximum atomic E-state index is 6.40. The van der Waals surface area contributed by atoms with Gasteiger partial charge in [0.15, 0.2) is 0 Å². The molecule has 0 fully saturated rings. The Morgan fingerprint density at radius 1 is 0.800 bits per heavy atom. The molecule has 2 N–H and O–H groups in total. The minimum absolute atomic E-state index is 0.340. The summed E-state index contributed by atoms with van der Waals surface area (Å²) in [5.74, 6) is 0. The summed E-state index contributed by atoms with van der Waals surface area (Å²) in [6, 6.07) is 16.8. The summed E-state index contributed by atoms with van der Waals surface area (Å²) in [6.45, 7) is 2.08. The molecule has 0 aliphatic heterocycles. The van der Waals surface area contributed by atoms with Crippen molar-refractivity contribution in [3.05, 3.63) is 59.7 Å². The predicted octanol–water partition coefficient (Wildman–Crippen LogP) is 2.89. The van der Waals surface area contributed by atoms with Crippen molar-refractivity contribution in [3.8, 4) is 11.1 Å². The van der Waals surface area contributed by atoms with Crippen molar-refractivity contribution in [2.24, 2.45) is 5.73 Å². The Kier molecular flexibility index (Phi) is 1.57. The first-order chi connectivity index (χ1) is 7.21. The maximum Gasteiger partial charge on any atom is 0.0649 e. The number of fused-ring (bicyclic) bond motifs is 3. The Morgan fingerprint density at radius 3 is 1.67 bits per heavy atom. The summed E-state index contributed by atoms with van der Waals surface area (Å²) in [5, 5.41) is 0. The molecule has 2 aromatic rings. The molecule has 0 radical (unpaired) electrons. The highest BCUT2D eigenvalue weighted by atomic mass is 14.7. The van der Waals surface area contributed by atoms with E-state index in [0.717, 1.165) is 0 Å². The first-order valence-corrected chi connectivity index (χ1v) is 5.19. The Bertz CT molecular complexity index is 479. The third kappa shape index (κ3) is 1.01. The third-order valence-corrected chi connectivity index (χ3v) is 3.26. The normalized spacial score (nSPS) is 15.9. The van der Waals surface area contributed by atoms with Gasteiger partial charge < -0.3 is 5.73 Å². The second kappa shape index (κ2) is 2.71. The zero-order valence-corrected chi connectivity index (χ0v) is 8.70. The van der Waals surface area contributed by atoms with Crippen molar-refractivity contribution in [2.45, 2.75) is 12.5 Å². The number of nitrogens with two attached hydrogens (primary N) is 1. The lowest BCUT2D eigenvalue weighted by molar-refractivity contribution is 0.621. The Hall–Kier alpha value is -1.60. The summed E-state index contributed by atoms with van der Waals surface area (Å²) < 4.78 is 0. The van der Waals surface area contributed by atoms with E-state index in [1.54, 1.807) is 0 Å². The topological polar surface area (TPSA) is 26.0 Å². The molecule has 1 nitrogen and oxygen atoms in total. The molecular weight excluding hydrogens is 182 g/mol. The first-order valence-electron chi connectivity index (χ1n) is 5.19. The number of rotatable bonds is 0. The molecule has 0 saturated heterocycles. The van der Waals surface area contributed by atoms with Crippen LogP contribution in [0.15, 0.2) is 48.5 Å². The van der Waals surface area contributed by atoms with Crippen LogP contribution < -0.4 is 5.73 Å². The maximum absolute atomic E-state index is 6.40. The number of hydrogen-bond donors (Lipinski definition) is 1. The lowest BCUT2D eigenvalue weighted by atomic mass is 9.91. The van der Waals surface area contributed by atoms with E-state index in [0.29, 0.717) is 0 Å². The number of hydrogen-bond acceptors (Lipinski definition) is 1. The summed E-state index contributed by atoms with van der Waals surface area (Å²) in [6.07, 6.45) is 0. The van der Waals surface area contributed by atoms with E-state index in [9.17, 15) is 0 Å². The molecule has 0 atom stereocenters. The molecule has 74 valence electrons. The standard InChI is InChI=1S/C14H13N/c1-14(15)12-8-4-2-6-10(12)11-7-3-5-9-13(11)14/h2-9H,15H2,1H3. The van der Waals surface area contributed by atoms with E-state index in [1.165, 1.54) is 22.3 Å². The average Bonchev–Trinajstić information content (AvgIpc) is 2.51. The van der Waals surface area contributed by atoms with Gasteiger partial charge in [0.2, 0.25) is 0 Å². The van der Waals surface area contributed by atoms with Crippen molar-refractivity contribution < 1.29 is 0 Å². The van der Waals surface area contributed by atoms with Crippen molar-refractivity contribution in [3.63, 3.8) is 0 Å². The third-order valence-electron chi connectivity index (χ3n) is 3.26. The zero-order chi connectivity index (χ0) is 10.5. The highest BCUT2D eigenvalue weighted by Gasteiger charge is 2.34. The van der Waals surface area contributed by atoms with Gasteiger partial charge >= 0.3 is 0 Å². The molecule has 0 unspecified atom stereocenters. The fraction of sp³-hybridized carbons (Fsp3) is 0.143. The van der Waals surface area contributed by atoms with Gasteiger partial charge in [-0.15, -0.1) is 0 Å². The molecule has 1 heteroatoms. The van der Waals surface area contributed by atoms with Gasteiger partial charge in [0.25, 0.3) is 0 Å². The van der Waals surface area contributed by atoms with Gasteiger partial charge in [0, 0.05) is 0 Å². The van der Waals surface area contributed by atoms with Crippen molar-refractivity contribution in [1.82, 2.24) is 0 Å². The van der Waals surface area contributed by atoms with Gasteiger partial charge in [-0.1, -0.05) is 48.5 Å². The van der Waals surface area contributed by atoms with Gasteiger partial charge in [0.05, 0.1) is 5.54 Å². The second-order valence-electron chi connectivity index (χ2n) is 4.29. The van der Waals surface area contributed by atoms with Gasteiger partial charge in [-0.25, -0.2) is 0 Å². The van der Waals surface area contributed by atoms with E-state index in [1.807, 2.05) is 0 Å². The van der Waals surface area contributed by atoms with Crippen LogP contribution in [0.3, 0.4) is 0 Å². The van der Waals surface area contributed by atoms with Gasteiger partial charge in [0.1, 0.15) is 0 Å². The molecule has 0 saturated carbocycles. The predicted molar refractivity (Wildman–Crippen MR) is 62.5 cm³/mol. The van der Waals surface area contributed by atoms with Crippen LogP contribution in [0.25, 0.3) is 11.1 Å². The van der Waals surface area contributed by atoms with Crippen LogP contribution in [-0.4, -0.2) is 0 Å². The van der Waals surface area contributed by atoms with Crippen LogP contribution in [0.5, 0.6) is 0 Å². The minimum atomic E-state index is -0.340. The fourth-order valence-corrected chi connectivity index (χ4v) is 2.49. The lowest BCUT2D eigenvalue weighted by Gasteiger charge is -2.21. The van der Waals surface area contributed by atoms with Crippen molar-refractivity contribution in [1.29, 1.82) is 0 Å². The Labute approximate surface area is 89.6 Å². The van der Waals surface area contributed by atoms with Crippen molar-refractivity contribution in [2.75, 3.05) is 0 Å². The average molecular weight is 195 g/mol. The molecule has 0 heterocycles. The lowest BCUT2D eigenvalue weighted by Crippen LogP contribution is -2.31. The highest BCUT2D eigenvalue weighted by molar-refractivity contribution is 5.80. The summed E-state index contributed by atoms with van der Waals surface area (Å²) >= 11 is 0. The minimum Gasteiger partial charge on any atom is -0.318 e. The van der Waals surface area contributed by atoms with E-state index in [2.05, 4.69) is 55.5 Å². The van der Waals surface area contributed by atoms with Crippen LogP contribution >= 0.6 is 0 Å². The van der Waals surface area contributed by atoms with Crippen LogP contribution in [0.1, 0.15) is 18.1 Å². The van der Waals surface area contributed by atoms with E-state index in [4.69, 9.17) is 5.73 Å². The Balaban J connectivity index is 2.42. The van der Waals surface area contributed by atoms with E-state index < -0.39 is 0 Å². The Morgan fingerprint density at radius 2 is 1.20 bits per heavy atom. The molecule has 1 aliphatic rings. The molecule has 0 bridgehead atoms. The summed E-state index contributed by atoms with van der Waals surface area (Å²) in [4.78, 5) is 0. The van der Waals surface area contributed by atoms with Crippen LogP contribution in [-0.2, 0) is 5.54 Å². The smallest absolute Gasteiger partial charge is 0.0649 e. The van der Waals surface area contributed by atoms with Gasteiger partial charge in [-0.05, 0) is 29.2 Å². The molecule has 15 heavy (non-hydrogen) atoms.